The summed E-state index contributed by atoms with van der Waals surface area (Å²) in [5.41, 5.74) is 6.57. The fraction of sp³-hybridized carbons (Fsp3) is 0.550. The summed E-state index contributed by atoms with van der Waals surface area (Å²) in [4.78, 5) is 15.1. The summed E-state index contributed by atoms with van der Waals surface area (Å²) in [5, 5.41) is 13.6. The molecule has 7 heteroatoms. The monoisotopic (exact) mass is 391 g/mol. The van der Waals surface area contributed by atoms with E-state index in [0.29, 0.717) is 22.0 Å². The number of nitrogen functional groups attached to an aromatic ring is 1. The molecule has 1 aromatic carbocycles. The fourth-order valence-corrected chi connectivity index (χ4v) is 4.26. The normalized spacial score (nSPS) is 28.2. The molecule has 0 radical (unpaired) electrons. The van der Waals surface area contributed by atoms with E-state index >= 15 is 0 Å². The number of hydrogen-bond donors (Lipinski definition) is 3. The lowest BCUT2D eigenvalue weighted by atomic mass is 9.97. The number of likely N-dealkylation sites (N-methyl/N-ethyl adjacent to an activating group) is 1. The van der Waals surface area contributed by atoms with Crippen LogP contribution in [0, 0.1) is 11.8 Å². The minimum Gasteiger partial charge on any atom is -0.477 e. The topological polar surface area (TPSA) is 87.8 Å². The van der Waals surface area contributed by atoms with Gasteiger partial charge in [0.1, 0.15) is 5.75 Å². The zero-order chi connectivity index (χ0) is 19.7. The first-order valence-electron chi connectivity index (χ1n) is 9.19. The number of nitrogens with zero attached hydrogens (tertiary/aromatic N) is 1. The Morgan fingerprint density at radius 2 is 2.19 bits per heavy atom. The molecule has 2 saturated heterocycles. The first kappa shape index (κ1) is 19.8. The number of aliphatic hydroxyl groups is 1. The molecule has 146 valence electrons. The van der Waals surface area contributed by atoms with Crippen molar-refractivity contribution in [1.82, 2.24) is 10.2 Å². The molecule has 1 amide bonds. The Hall–Kier alpha value is -1.94. The number of piperidine rings is 1. The number of rotatable bonds is 4. The SMILES string of the molecule is CC#C[C@H](C)Oc1cc(N)c(Cl)cc1C(=O)NC1CC2C[C@@H](O)C(C1)N2C. The average Bonchev–Trinajstić information content (AvgIpc) is 2.76. The van der Waals surface area contributed by atoms with E-state index in [2.05, 4.69) is 22.1 Å². The van der Waals surface area contributed by atoms with Gasteiger partial charge in [0.2, 0.25) is 0 Å². The van der Waals surface area contributed by atoms with Gasteiger partial charge in [0.05, 0.1) is 22.4 Å². The third kappa shape index (κ3) is 4.16. The molecule has 1 aromatic rings. The standard InChI is InChI=1S/C20H26ClN3O3/c1-4-5-11(2)27-19-10-16(22)15(21)9-14(19)20(26)23-12-6-13-8-18(25)17(7-12)24(13)3/h9-13,17-18,25H,6-8,22H2,1-3H3,(H,23,26)/t11-,12?,13?,17?,18+/m0/s1. The lowest BCUT2D eigenvalue weighted by Gasteiger charge is -2.36. The van der Waals surface area contributed by atoms with Crippen LogP contribution < -0.4 is 15.8 Å². The van der Waals surface area contributed by atoms with Gasteiger partial charge in [0, 0.05) is 24.2 Å². The third-order valence-corrected chi connectivity index (χ3v) is 5.80. The van der Waals surface area contributed by atoms with Gasteiger partial charge in [0.15, 0.2) is 6.10 Å². The number of carbonyl (C=O) groups is 1. The van der Waals surface area contributed by atoms with Crippen LogP contribution in [0.25, 0.3) is 0 Å². The van der Waals surface area contributed by atoms with Crippen LogP contribution in [-0.4, -0.2) is 53.3 Å². The van der Waals surface area contributed by atoms with Gasteiger partial charge in [0.25, 0.3) is 5.91 Å². The Balaban J connectivity index is 1.78. The largest absolute Gasteiger partial charge is 0.477 e. The predicted molar refractivity (Wildman–Crippen MR) is 106 cm³/mol. The van der Waals surface area contributed by atoms with E-state index in [1.54, 1.807) is 19.9 Å². The highest BCUT2D eigenvalue weighted by atomic mass is 35.5. The molecule has 0 aromatic heterocycles. The molecule has 0 saturated carbocycles. The number of anilines is 1. The van der Waals surface area contributed by atoms with E-state index in [4.69, 9.17) is 22.1 Å². The smallest absolute Gasteiger partial charge is 0.255 e. The molecule has 4 N–H and O–H groups in total. The van der Waals surface area contributed by atoms with Crippen LogP contribution in [0.5, 0.6) is 5.75 Å². The Labute approximate surface area is 165 Å². The number of carbonyl (C=O) groups excluding carboxylic acids is 1. The minimum atomic E-state index is -0.378. The summed E-state index contributed by atoms with van der Waals surface area (Å²) in [7, 11) is 2.03. The molecule has 2 heterocycles. The second-order valence-electron chi connectivity index (χ2n) is 7.36. The van der Waals surface area contributed by atoms with E-state index in [1.807, 2.05) is 7.05 Å². The van der Waals surface area contributed by atoms with Crippen LogP contribution in [0.1, 0.15) is 43.5 Å². The number of hydrogen-bond acceptors (Lipinski definition) is 5. The minimum absolute atomic E-state index is 0.00196. The zero-order valence-electron chi connectivity index (χ0n) is 15.8. The summed E-state index contributed by atoms with van der Waals surface area (Å²) in [6.45, 7) is 3.53. The van der Waals surface area contributed by atoms with Gasteiger partial charge in [-0.1, -0.05) is 17.5 Å². The van der Waals surface area contributed by atoms with Crippen LogP contribution in [0.2, 0.25) is 5.02 Å². The highest BCUT2D eigenvalue weighted by Crippen LogP contribution is 2.35. The van der Waals surface area contributed by atoms with E-state index in [0.717, 1.165) is 19.3 Å². The second-order valence-corrected chi connectivity index (χ2v) is 7.76. The Kier molecular flexibility index (Phi) is 5.85. The number of ether oxygens (including phenoxy) is 1. The van der Waals surface area contributed by atoms with Crippen molar-refractivity contribution in [3.63, 3.8) is 0 Å². The predicted octanol–water partition coefficient (Wildman–Crippen LogP) is 2.04. The number of halogens is 1. The molecule has 2 fully saturated rings. The maximum absolute atomic E-state index is 12.9. The first-order valence-corrected chi connectivity index (χ1v) is 9.56. The molecule has 6 nitrogen and oxygen atoms in total. The number of nitrogens with two attached hydrogens (primary N) is 1. The van der Waals surface area contributed by atoms with Gasteiger partial charge < -0.3 is 20.9 Å². The van der Waals surface area contributed by atoms with Gasteiger partial charge in [-0.2, -0.15) is 0 Å². The Bertz CT molecular complexity index is 789. The van der Waals surface area contributed by atoms with Gasteiger partial charge in [-0.05, 0) is 46.2 Å². The van der Waals surface area contributed by atoms with Crippen molar-refractivity contribution in [3.05, 3.63) is 22.7 Å². The molecule has 2 aliphatic heterocycles. The second kappa shape index (κ2) is 7.97. The van der Waals surface area contributed by atoms with Crippen molar-refractivity contribution in [2.24, 2.45) is 0 Å². The molecule has 2 bridgehead atoms. The highest BCUT2D eigenvalue weighted by molar-refractivity contribution is 6.33. The Morgan fingerprint density at radius 1 is 1.44 bits per heavy atom. The molecule has 0 spiro atoms. The molecule has 5 atom stereocenters. The molecule has 0 aliphatic carbocycles. The maximum atomic E-state index is 12.9. The van der Waals surface area contributed by atoms with Gasteiger partial charge in [-0.25, -0.2) is 0 Å². The number of aliphatic hydroxyl groups excluding tert-OH is 1. The number of benzene rings is 1. The van der Waals surface area contributed by atoms with E-state index in [-0.39, 0.29) is 36.2 Å². The van der Waals surface area contributed by atoms with Crippen molar-refractivity contribution < 1.29 is 14.6 Å². The van der Waals surface area contributed by atoms with Crippen molar-refractivity contribution in [2.75, 3.05) is 12.8 Å². The maximum Gasteiger partial charge on any atom is 0.255 e. The van der Waals surface area contributed by atoms with E-state index in [9.17, 15) is 9.90 Å². The van der Waals surface area contributed by atoms with Crippen LogP contribution >= 0.6 is 11.6 Å². The van der Waals surface area contributed by atoms with Gasteiger partial charge in [-0.3, -0.25) is 9.69 Å². The molecule has 27 heavy (non-hydrogen) atoms. The molecule has 3 rings (SSSR count). The molecule has 3 unspecified atom stereocenters. The third-order valence-electron chi connectivity index (χ3n) is 5.47. The number of fused-ring (bicyclic) bond motifs is 2. The van der Waals surface area contributed by atoms with Crippen LogP contribution in [-0.2, 0) is 0 Å². The Morgan fingerprint density at radius 3 is 2.85 bits per heavy atom. The van der Waals surface area contributed by atoms with E-state index < -0.39 is 0 Å². The first-order chi connectivity index (χ1) is 12.8. The summed E-state index contributed by atoms with van der Waals surface area (Å²) >= 11 is 6.14. The lowest BCUT2D eigenvalue weighted by Crippen LogP contribution is -2.50. The van der Waals surface area contributed by atoms with Crippen LogP contribution in [0.3, 0.4) is 0 Å². The highest BCUT2D eigenvalue weighted by Gasteiger charge is 2.44. The van der Waals surface area contributed by atoms with E-state index in [1.165, 1.54) is 6.07 Å². The number of amides is 1. The van der Waals surface area contributed by atoms with Crippen LogP contribution in [0.4, 0.5) is 5.69 Å². The molecular formula is C20H26ClN3O3. The summed E-state index contributed by atoms with van der Waals surface area (Å²) in [6.07, 6.45) is 1.57. The summed E-state index contributed by atoms with van der Waals surface area (Å²) in [5.74, 6) is 5.79. The average molecular weight is 392 g/mol. The summed E-state index contributed by atoms with van der Waals surface area (Å²) in [6, 6.07) is 3.46. The van der Waals surface area contributed by atoms with Crippen LogP contribution in [0.15, 0.2) is 12.1 Å². The van der Waals surface area contributed by atoms with Crippen molar-refractivity contribution >= 4 is 23.2 Å². The van der Waals surface area contributed by atoms with Crippen molar-refractivity contribution in [1.29, 1.82) is 0 Å². The fourth-order valence-electron chi connectivity index (χ4n) is 4.09. The van der Waals surface area contributed by atoms with Crippen molar-refractivity contribution in [3.8, 4) is 17.6 Å². The summed E-state index contributed by atoms with van der Waals surface area (Å²) < 4.78 is 5.80. The van der Waals surface area contributed by atoms with Gasteiger partial charge in [-0.15, -0.1) is 5.92 Å². The van der Waals surface area contributed by atoms with Gasteiger partial charge >= 0.3 is 0 Å². The zero-order valence-corrected chi connectivity index (χ0v) is 16.6. The quantitative estimate of drug-likeness (QED) is 0.540. The van der Waals surface area contributed by atoms with Crippen molar-refractivity contribution in [2.45, 2.75) is 63.4 Å². The number of nitrogens with one attached hydrogen (secondary N) is 1. The molecular weight excluding hydrogens is 366 g/mol. The lowest BCUT2D eigenvalue weighted by molar-refractivity contribution is 0.0770. The molecule has 2 aliphatic rings.